The predicted molar refractivity (Wildman–Crippen MR) is 49.0 cm³/mol. The Bertz CT molecular complexity index is 279. The van der Waals surface area contributed by atoms with Crippen molar-refractivity contribution in [1.29, 1.82) is 0 Å². The minimum Gasteiger partial charge on any atom is -0.434 e. The zero-order valence-electron chi connectivity index (χ0n) is 7.12. The molecule has 1 aliphatic carbocycles. The molecule has 3 nitrogen and oxygen atoms in total. The molecule has 0 bridgehead atoms. The van der Waals surface area contributed by atoms with Crippen molar-refractivity contribution in [3.8, 4) is 0 Å². The van der Waals surface area contributed by atoms with Gasteiger partial charge < -0.3 is 4.74 Å². The van der Waals surface area contributed by atoms with Crippen molar-refractivity contribution in [3.63, 3.8) is 0 Å². The largest absolute Gasteiger partial charge is 0.434 e. The Hall–Kier alpha value is -0.770. The molecule has 70 valence electrons. The van der Waals surface area contributed by atoms with E-state index in [4.69, 9.17) is 4.74 Å². The lowest BCUT2D eigenvalue weighted by Crippen LogP contribution is -2.02. The lowest BCUT2D eigenvalue weighted by molar-refractivity contribution is -0.139. The van der Waals surface area contributed by atoms with E-state index in [1.165, 1.54) is 18.0 Å². The first-order valence-corrected chi connectivity index (χ1v) is 5.32. The van der Waals surface area contributed by atoms with Crippen LogP contribution in [0.2, 0.25) is 0 Å². The fourth-order valence-electron chi connectivity index (χ4n) is 1.10. The van der Waals surface area contributed by atoms with Crippen LogP contribution in [0.5, 0.6) is 0 Å². The van der Waals surface area contributed by atoms with Crippen molar-refractivity contribution < 1.29 is 14.3 Å². The van der Waals surface area contributed by atoms with Crippen LogP contribution in [0.15, 0.2) is 11.8 Å². The summed E-state index contributed by atoms with van der Waals surface area (Å²) in [5.41, 5.74) is 0.638. The van der Waals surface area contributed by atoms with E-state index in [0.717, 1.165) is 25.0 Å². The summed E-state index contributed by atoms with van der Waals surface area (Å²) >= 11 is 1.28. The van der Waals surface area contributed by atoms with Gasteiger partial charge in [-0.1, -0.05) is 11.8 Å². The Balaban J connectivity index is 1.88. The molecule has 2 aliphatic rings. The zero-order valence-corrected chi connectivity index (χ0v) is 7.93. The van der Waals surface area contributed by atoms with Gasteiger partial charge in [0.05, 0.1) is 5.92 Å². The molecule has 0 radical (unpaired) electrons. The second-order valence-electron chi connectivity index (χ2n) is 3.24. The predicted octanol–water partition coefficient (Wildman–Crippen LogP) is 1.49. The molecular formula is C9H10O3S. The molecule has 2 rings (SSSR count). The van der Waals surface area contributed by atoms with E-state index in [9.17, 15) is 9.59 Å². The highest BCUT2D eigenvalue weighted by molar-refractivity contribution is 8.14. The van der Waals surface area contributed by atoms with Gasteiger partial charge in [-0.2, -0.15) is 0 Å². The van der Waals surface area contributed by atoms with E-state index in [2.05, 4.69) is 0 Å². The smallest absolute Gasteiger partial charge is 0.313 e. The number of hydrogen-bond acceptors (Lipinski definition) is 4. The summed E-state index contributed by atoms with van der Waals surface area (Å²) in [5, 5.41) is 0.0450. The molecule has 0 unspecified atom stereocenters. The van der Waals surface area contributed by atoms with Crippen molar-refractivity contribution in [2.75, 3.05) is 5.75 Å². The molecule has 0 amide bonds. The van der Waals surface area contributed by atoms with Crippen LogP contribution >= 0.6 is 11.8 Å². The van der Waals surface area contributed by atoms with E-state index in [0.29, 0.717) is 5.57 Å². The SMILES string of the molecule is O=C1SCC/C1=C\OC(=O)C1CC1. The van der Waals surface area contributed by atoms with Crippen LogP contribution < -0.4 is 0 Å². The molecule has 4 heteroatoms. The molecule has 0 aromatic heterocycles. The summed E-state index contributed by atoms with van der Waals surface area (Å²) in [7, 11) is 0. The molecular weight excluding hydrogens is 188 g/mol. The summed E-state index contributed by atoms with van der Waals surface area (Å²) in [6.45, 7) is 0. The van der Waals surface area contributed by atoms with E-state index >= 15 is 0 Å². The van der Waals surface area contributed by atoms with Gasteiger partial charge in [0.15, 0.2) is 0 Å². The number of rotatable bonds is 2. The summed E-state index contributed by atoms with van der Waals surface area (Å²) in [5.74, 6) is 0.726. The van der Waals surface area contributed by atoms with Crippen LogP contribution in [0.25, 0.3) is 0 Å². The van der Waals surface area contributed by atoms with Crippen molar-refractivity contribution in [2.24, 2.45) is 5.92 Å². The van der Waals surface area contributed by atoms with Crippen LogP contribution in [0.4, 0.5) is 0 Å². The summed E-state index contributed by atoms with van der Waals surface area (Å²) in [6, 6.07) is 0. The fraction of sp³-hybridized carbons (Fsp3) is 0.556. The second kappa shape index (κ2) is 3.54. The fourth-order valence-corrected chi connectivity index (χ4v) is 1.94. The van der Waals surface area contributed by atoms with Crippen LogP contribution in [0, 0.1) is 5.92 Å². The number of esters is 1. The summed E-state index contributed by atoms with van der Waals surface area (Å²) in [4.78, 5) is 22.2. The normalized spacial score (nSPS) is 25.2. The maximum atomic E-state index is 11.1. The van der Waals surface area contributed by atoms with Crippen LogP contribution in [0.3, 0.4) is 0 Å². The van der Waals surface area contributed by atoms with Crippen molar-refractivity contribution in [1.82, 2.24) is 0 Å². The first kappa shape index (κ1) is 8.81. The van der Waals surface area contributed by atoms with Crippen molar-refractivity contribution in [2.45, 2.75) is 19.3 Å². The van der Waals surface area contributed by atoms with Crippen LogP contribution in [-0.2, 0) is 14.3 Å². The number of carbonyl (C=O) groups excluding carboxylic acids is 2. The number of carbonyl (C=O) groups is 2. The van der Waals surface area contributed by atoms with Gasteiger partial charge in [0.1, 0.15) is 6.26 Å². The Labute approximate surface area is 80.5 Å². The minimum absolute atomic E-state index is 0.0450. The minimum atomic E-state index is -0.183. The topological polar surface area (TPSA) is 43.4 Å². The van der Waals surface area contributed by atoms with Gasteiger partial charge in [-0.25, -0.2) is 0 Å². The Morgan fingerprint density at radius 1 is 1.54 bits per heavy atom. The molecule has 13 heavy (non-hydrogen) atoms. The molecule has 2 fully saturated rings. The van der Waals surface area contributed by atoms with Gasteiger partial charge in [-0.3, -0.25) is 9.59 Å². The Morgan fingerprint density at radius 2 is 2.31 bits per heavy atom. The molecule has 1 saturated carbocycles. The highest BCUT2D eigenvalue weighted by Crippen LogP contribution is 2.31. The van der Waals surface area contributed by atoms with Crippen molar-refractivity contribution >= 4 is 22.8 Å². The first-order chi connectivity index (χ1) is 6.27. The number of ether oxygens (including phenoxy) is 1. The molecule has 1 heterocycles. The van der Waals surface area contributed by atoms with Gasteiger partial charge in [0.2, 0.25) is 5.12 Å². The van der Waals surface area contributed by atoms with Gasteiger partial charge >= 0.3 is 5.97 Å². The maximum Gasteiger partial charge on any atom is 0.313 e. The van der Waals surface area contributed by atoms with Gasteiger partial charge in [-0.15, -0.1) is 0 Å². The maximum absolute atomic E-state index is 11.1. The zero-order chi connectivity index (χ0) is 9.26. The average molecular weight is 198 g/mol. The lowest BCUT2D eigenvalue weighted by atomic mass is 10.3. The van der Waals surface area contributed by atoms with Crippen LogP contribution in [0.1, 0.15) is 19.3 Å². The quantitative estimate of drug-likeness (QED) is 0.383. The van der Waals surface area contributed by atoms with Crippen molar-refractivity contribution in [3.05, 3.63) is 11.8 Å². The van der Waals surface area contributed by atoms with E-state index < -0.39 is 0 Å². The molecule has 0 atom stereocenters. The second-order valence-corrected chi connectivity index (χ2v) is 4.31. The van der Waals surface area contributed by atoms with E-state index in [1.54, 1.807) is 0 Å². The summed E-state index contributed by atoms with van der Waals surface area (Å²) in [6.07, 6.45) is 3.93. The standard InChI is InChI=1S/C9H10O3S/c10-8(6-1-2-6)12-5-7-3-4-13-9(7)11/h5-6H,1-4H2/b7-5+. The third kappa shape index (κ3) is 2.12. The van der Waals surface area contributed by atoms with Gasteiger partial charge in [0, 0.05) is 11.3 Å². The molecule has 0 N–H and O–H groups in total. The Morgan fingerprint density at radius 3 is 2.85 bits per heavy atom. The highest BCUT2D eigenvalue weighted by Gasteiger charge is 2.31. The lowest BCUT2D eigenvalue weighted by Gasteiger charge is -1.96. The molecule has 0 spiro atoms. The molecule has 1 saturated heterocycles. The molecule has 0 aromatic carbocycles. The third-order valence-electron chi connectivity index (χ3n) is 2.09. The number of hydrogen-bond donors (Lipinski definition) is 0. The first-order valence-electron chi connectivity index (χ1n) is 4.34. The van der Waals surface area contributed by atoms with E-state index in [-0.39, 0.29) is 17.0 Å². The summed E-state index contributed by atoms with van der Waals surface area (Å²) < 4.78 is 4.89. The molecule has 1 aliphatic heterocycles. The van der Waals surface area contributed by atoms with Crippen LogP contribution in [-0.4, -0.2) is 16.8 Å². The van der Waals surface area contributed by atoms with E-state index in [1.807, 2.05) is 0 Å². The number of thioether (sulfide) groups is 1. The molecule has 0 aromatic rings. The monoisotopic (exact) mass is 198 g/mol. The van der Waals surface area contributed by atoms with Gasteiger partial charge in [-0.05, 0) is 19.3 Å². The Kier molecular flexibility index (Phi) is 2.40. The van der Waals surface area contributed by atoms with Gasteiger partial charge in [0.25, 0.3) is 0 Å². The average Bonchev–Trinajstić information content (AvgIpc) is 2.88. The third-order valence-corrected chi connectivity index (χ3v) is 3.03. The highest BCUT2D eigenvalue weighted by atomic mass is 32.2.